The summed E-state index contributed by atoms with van der Waals surface area (Å²) < 4.78 is 12.9. The van der Waals surface area contributed by atoms with Gasteiger partial charge in [-0.15, -0.1) is 0 Å². The average Bonchev–Trinajstić information content (AvgIpc) is 2.67. The Kier molecular flexibility index (Phi) is 4.06. The minimum atomic E-state index is -0.219. The monoisotopic (exact) mass is 278 g/mol. The van der Waals surface area contributed by atoms with Crippen molar-refractivity contribution < 1.29 is 9.50 Å². The maximum atomic E-state index is 12.9. The molecule has 3 atom stereocenters. The second-order valence-electron chi connectivity index (χ2n) is 6.19. The minimum Gasteiger partial charge on any atom is -0.393 e. The van der Waals surface area contributed by atoms with Crippen LogP contribution < -0.4 is 5.73 Å². The molecule has 110 valence electrons. The number of fused-ring (bicyclic) bond motifs is 2. The van der Waals surface area contributed by atoms with Gasteiger partial charge in [-0.25, -0.2) is 4.39 Å². The highest BCUT2D eigenvalue weighted by atomic mass is 19.1. The number of hydrogen-bond acceptors (Lipinski definition) is 3. The van der Waals surface area contributed by atoms with Gasteiger partial charge in [-0.1, -0.05) is 12.1 Å². The van der Waals surface area contributed by atoms with Gasteiger partial charge in [-0.05, 0) is 49.8 Å². The van der Waals surface area contributed by atoms with Crippen molar-refractivity contribution >= 4 is 0 Å². The van der Waals surface area contributed by atoms with E-state index < -0.39 is 0 Å². The summed E-state index contributed by atoms with van der Waals surface area (Å²) in [7, 11) is 0. The summed E-state index contributed by atoms with van der Waals surface area (Å²) >= 11 is 0. The van der Waals surface area contributed by atoms with Gasteiger partial charge in [0.25, 0.3) is 0 Å². The van der Waals surface area contributed by atoms with Crippen LogP contribution in [0, 0.1) is 5.82 Å². The largest absolute Gasteiger partial charge is 0.393 e. The van der Waals surface area contributed by atoms with Gasteiger partial charge in [-0.2, -0.15) is 0 Å². The second kappa shape index (κ2) is 5.80. The average molecular weight is 278 g/mol. The standard InChI is InChI=1S/C16H23FN2O/c17-12-3-1-11(2-4-12)16(18)7-8-19-13-5-6-14(19)10-15(20)9-13/h1-4,13-16,20H,5-10,18H2. The molecule has 0 spiro atoms. The second-order valence-corrected chi connectivity index (χ2v) is 6.19. The molecular formula is C16H23FN2O. The number of nitrogens with two attached hydrogens (primary N) is 1. The normalized spacial score (nSPS) is 31.4. The number of rotatable bonds is 4. The van der Waals surface area contributed by atoms with Crippen molar-refractivity contribution in [1.82, 2.24) is 4.90 Å². The Bertz CT molecular complexity index is 436. The molecule has 1 aromatic rings. The zero-order valence-corrected chi connectivity index (χ0v) is 11.7. The van der Waals surface area contributed by atoms with Crippen LogP contribution in [0.3, 0.4) is 0 Å². The fourth-order valence-corrected chi connectivity index (χ4v) is 3.78. The predicted molar refractivity (Wildman–Crippen MR) is 76.7 cm³/mol. The fraction of sp³-hybridized carbons (Fsp3) is 0.625. The molecule has 3 nitrogen and oxygen atoms in total. The Morgan fingerprint density at radius 3 is 2.40 bits per heavy atom. The van der Waals surface area contributed by atoms with E-state index in [2.05, 4.69) is 4.90 Å². The quantitative estimate of drug-likeness (QED) is 0.887. The Hall–Kier alpha value is -0.970. The Morgan fingerprint density at radius 2 is 1.80 bits per heavy atom. The van der Waals surface area contributed by atoms with Crippen LogP contribution >= 0.6 is 0 Å². The number of aliphatic hydroxyl groups is 1. The van der Waals surface area contributed by atoms with E-state index in [1.54, 1.807) is 12.1 Å². The maximum absolute atomic E-state index is 12.9. The third kappa shape index (κ3) is 2.87. The molecule has 2 fully saturated rings. The van der Waals surface area contributed by atoms with Crippen LogP contribution in [0.25, 0.3) is 0 Å². The predicted octanol–water partition coefficient (Wildman–Crippen LogP) is 2.20. The SMILES string of the molecule is NC(CCN1C2CCC1CC(O)C2)c1ccc(F)cc1. The van der Waals surface area contributed by atoms with E-state index in [9.17, 15) is 9.50 Å². The van der Waals surface area contributed by atoms with Crippen LogP contribution in [0.5, 0.6) is 0 Å². The molecule has 2 saturated heterocycles. The van der Waals surface area contributed by atoms with Gasteiger partial charge in [0.1, 0.15) is 5.82 Å². The molecule has 2 aliphatic heterocycles. The molecule has 0 aliphatic carbocycles. The first-order valence-corrected chi connectivity index (χ1v) is 7.58. The van der Waals surface area contributed by atoms with Crippen molar-refractivity contribution in [2.75, 3.05) is 6.54 Å². The first-order valence-electron chi connectivity index (χ1n) is 7.58. The summed E-state index contributed by atoms with van der Waals surface area (Å²) in [6, 6.07) is 7.50. The van der Waals surface area contributed by atoms with Crippen LogP contribution in [0.2, 0.25) is 0 Å². The Labute approximate surface area is 119 Å². The number of piperidine rings is 1. The molecule has 0 radical (unpaired) electrons. The third-order valence-corrected chi connectivity index (χ3v) is 4.86. The highest BCUT2D eigenvalue weighted by molar-refractivity contribution is 5.19. The van der Waals surface area contributed by atoms with Gasteiger partial charge in [0.05, 0.1) is 6.10 Å². The van der Waals surface area contributed by atoms with Crippen molar-refractivity contribution in [2.24, 2.45) is 5.73 Å². The molecule has 0 saturated carbocycles. The molecule has 2 aliphatic rings. The van der Waals surface area contributed by atoms with Gasteiger partial charge in [-0.3, -0.25) is 4.90 Å². The van der Waals surface area contributed by atoms with Crippen LogP contribution in [0.1, 0.15) is 43.7 Å². The van der Waals surface area contributed by atoms with E-state index in [4.69, 9.17) is 5.73 Å². The summed E-state index contributed by atoms with van der Waals surface area (Å²) in [4.78, 5) is 2.52. The molecule has 2 bridgehead atoms. The van der Waals surface area contributed by atoms with Crippen molar-refractivity contribution in [3.8, 4) is 0 Å². The van der Waals surface area contributed by atoms with Crippen molar-refractivity contribution in [3.05, 3.63) is 35.6 Å². The van der Waals surface area contributed by atoms with E-state index in [0.717, 1.165) is 31.4 Å². The van der Waals surface area contributed by atoms with E-state index in [1.165, 1.54) is 25.0 Å². The Balaban J connectivity index is 1.56. The first kappa shape index (κ1) is 14.0. The summed E-state index contributed by atoms with van der Waals surface area (Å²) in [6.45, 7) is 0.973. The molecule has 0 aromatic heterocycles. The van der Waals surface area contributed by atoms with Crippen LogP contribution in [0.4, 0.5) is 4.39 Å². The lowest BCUT2D eigenvalue weighted by molar-refractivity contribution is 0.0340. The summed E-state index contributed by atoms with van der Waals surface area (Å²) in [5.74, 6) is -0.219. The molecule has 2 heterocycles. The molecule has 3 rings (SSSR count). The van der Waals surface area contributed by atoms with E-state index >= 15 is 0 Å². The maximum Gasteiger partial charge on any atom is 0.123 e. The molecule has 3 N–H and O–H groups in total. The summed E-state index contributed by atoms with van der Waals surface area (Å²) in [6.07, 6.45) is 4.98. The van der Waals surface area contributed by atoms with Gasteiger partial charge in [0.2, 0.25) is 0 Å². The zero-order valence-electron chi connectivity index (χ0n) is 11.7. The van der Waals surface area contributed by atoms with E-state index in [0.29, 0.717) is 12.1 Å². The van der Waals surface area contributed by atoms with Crippen molar-refractivity contribution in [1.29, 1.82) is 0 Å². The smallest absolute Gasteiger partial charge is 0.123 e. The van der Waals surface area contributed by atoms with Crippen molar-refractivity contribution in [2.45, 2.75) is 56.3 Å². The summed E-state index contributed by atoms with van der Waals surface area (Å²) in [5.41, 5.74) is 7.20. The molecule has 20 heavy (non-hydrogen) atoms. The van der Waals surface area contributed by atoms with Crippen LogP contribution in [0.15, 0.2) is 24.3 Å². The van der Waals surface area contributed by atoms with Crippen LogP contribution in [-0.2, 0) is 0 Å². The molecule has 0 amide bonds. The molecule has 3 unspecified atom stereocenters. The fourth-order valence-electron chi connectivity index (χ4n) is 3.78. The number of hydrogen-bond donors (Lipinski definition) is 2. The molecular weight excluding hydrogens is 255 g/mol. The lowest BCUT2D eigenvalue weighted by atomic mass is 9.98. The topological polar surface area (TPSA) is 49.5 Å². The van der Waals surface area contributed by atoms with Crippen molar-refractivity contribution in [3.63, 3.8) is 0 Å². The molecule has 4 heteroatoms. The number of aliphatic hydroxyl groups excluding tert-OH is 1. The van der Waals surface area contributed by atoms with Crippen LogP contribution in [-0.4, -0.2) is 34.7 Å². The lowest BCUT2D eigenvalue weighted by Gasteiger charge is -2.37. The van der Waals surface area contributed by atoms with Gasteiger partial charge < -0.3 is 10.8 Å². The highest BCUT2D eigenvalue weighted by Crippen LogP contribution is 2.36. The molecule has 1 aromatic carbocycles. The van der Waals surface area contributed by atoms with E-state index in [1.807, 2.05) is 0 Å². The highest BCUT2D eigenvalue weighted by Gasteiger charge is 2.39. The zero-order chi connectivity index (χ0) is 14.1. The third-order valence-electron chi connectivity index (χ3n) is 4.86. The van der Waals surface area contributed by atoms with Gasteiger partial charge in [0.15, 0.2) is 0 Å². The Morgan fingerprint density at radius 1 is 1.20 bits per heavy atom. The summed E-state index contributed by atoms with van der Waals surface area (Å²) in [5, 5.41) is 9.80. The first-order chi connectivity index (χ1) is 9.63. The minimum absolute atomic E-state index is 0.0400. The van der Waals surface area contributed by atoms with Gasteiger partial charge in [0, 0.05) is 24.7 Å². The van der Waals surface area contributed by atoms with E-state index in [-0.39, 0.29) is 18.0 Å². The number of nitrogens with zero attached hydrogens (tertiary/aromatic N) is 1. The van der Waals surface area contributed by atoms with Gasteiger partial charge >= 0.3 is 0 Å². The number of halogens is 1. The lowest BCUT2D eigenvalue weighted by Crippen LogP contribution is -2.45. The number of benzene rings is 1.